The number of piperazine rings is 1. The van der Waals surface area contributed by atoms with Crippen LogP contribution < -0.4 is 0 Å². The monoisotopic (exact) mass is 372 g/mol. The summed E-state index contributed by atoms with van der Waals surface area (Å²) in [4.78, 5) is 16.8. The highest BCUT2D eigenvalue weighted by Gasteiger charge is 2.24. The number of carbonyl (C=O) groups excluding carboxylic acids is 1. The predicted octanol–water partition coefficient (Wildman–Crippen LogP) is 2.04. The maximum Gasteiger partial charge on any atom is 0.138 e. The first kappa shape index (κ1) is 14.9. The van der Waals surface area contributed by atoms with Gasteiger partial charge in [-0.05, 0) is 54.4 Å². The Hall–Kier alpha value is -0.460. The second-order valence-corrected chi connectivity index (χ2v) is 6.69. The molecule has 0 N–H and O–H groups in total. The second kappa shape index (κ2) is 6.81. The SMILES string of the molecule is CN1CCN(C)C(CC(=O)Cc2ccc(I)cc2)C1. The third-order valence-electron chi connectivity index (χ3n) is 3.76. The molecule has 1 fully saturated rings. The van der Waals surface area contributed by atoms with Gasteiger partial charge in [0.05, 0.1) is 0 Å². The number of nitrogens with zero attached hydrogens (tertiary/aromatic N) is 2. The van der Waals surface area contributed by atoms with Crippen LogP contribution >= 0.6 is 22.6 Å². The standard InChI is InChI=1S/C15H21IN2O/c1-17-7-8-18(2)14(11-17)10-15(19)9-12-3-5-13(16)6-4-12/h3-6,14H,7-11H2,1-2H3. The summed E-state index contributed by atoms with van der Waals surface area (Å²) >= 11 is 2.28. The van der Waals surface area contributed by atoms with E-state index in [1.807, 2.05) is 0 Å². The molecular formula is C15H21IN2O. The summed E-state index contributed by atoms with van der Waals surface area (Å²) in [5, 5.41) is 0. The van der Waals surface area contributed by atoms with E-state index >= 15 is 0 Å². The van der Waals surface area contributed by atoms with Crippen LogP contribution in [0.1, 0.15) is 12.0 Å². The second-order valence-electron chi connectivity index (χ2n) is 5.44. The third-order valence-corrected chi connectivity index (χ3v) is 4.48. The Kier molecular flexibility index (Phi) is 5.36. The minimum Gasteiger partial charge on any atom is -0.304 e. The number of carbonyl (C=O) groups is 1. The average molecular weight is 372 g/mol. The van der Waals surface area contributed by atoms with Crippen LogP contribution in [0.5, 0.6) is 0 Å². The maximum absolute atomic E-state index is 12.2. The minimum absolute atomic E-state index is 0.341. The van der Waals surface area contributed by atoms with E-state index < -0.39 is 0 Å². The van der Waals surface area contributed by atoms with E-state index in [4.69, 9.17) is 0 Å². The largest absolute Gasteiger partial charge is 0.304 e. The summed E-state index contributed by atoms with van der Waals surface area (Å²) in [5.41, 5.74) is 1.12. The fraction of sp³-hybridized carbons (Fsp3) is 0.533. The van der Waals surface area contributed by atoms with Crippen molar-refractivity contribution in [1.82, 2.24) is 9.80 Å². The Bertz CT molecular complexity index is 432. The fourth-order valence-electron chi connectivity index (χ4n) is 2.49. The fourth-order valence-corrected chi connectivity index (χ4v) is 2.85. The van der Waals surface area contributed by atoms with Crippen molar-refractivity contribution in [2.45, 2.75) is 18.9 Å². The molecule has 19 heavy (non-hydrogen) atoms. The summed E-state index contributed by atoms with van der Waals surface area (Å²) in [6.45, 7) is 3.14. The Labute approximate surface area is 129 Å². The van der Waals surface area contributed by atoms with E-state index in [1.54, 1.807) is 0 Å². The molecule has 0 bridgehead atoms. The molecule has 0 aromatic heterocycles. The summed E-state index contributed by atoms with van der Waals surface area (Å²) in [7, 11) is 4.25. The van der Waals surface area contributed by atoms with Crippen molar-refractivity contribution in [2.75, 3.05) is 33.7 Å². The Morgan fingerprint density at radius 1 is 1.26 bits per heavy atom. The van der Waals surface area contributed by atoms with Gasteiger partial charge in [-0.2, -0.15) is 0 Å². The van der Waals surface area contributed by atoms with Crippen molar-refractivity contribution in [2.24, 2.45) is 0 Å². The quantitative estimate of drug-likeness (QED) is 0.756. The number of hydrogen-bond donors (Lipinski definition) is 0. The molecule has 104 valence electrons. The Morgan fingerprint density at radius 3 is 2.63 bits per heavy atom. The van der Waals surface area contributed by atoms with Gasteiger partial charge in [0.25, 0.3) is 0 Å². The van der Waals surface area contributed by atoms with Crippen molar-refractivity contribution >= 4 is 28.4 Å². The van der Waals surface area contributed by atoms with Gasteiger partial charge in [0, 0.05) is 42.1 Å². The number of hydrogen-bond acceptors (Lipinski definition) is 3. The van der Waals surface area contributed by atoms with Crippen LogP contribution in [-0.2, 0) is 11.2 Å². The van der Waals surface area contributed by atoms with Gasteiger partial charge >= 0.3 is 0 Å². The molecule has 1 heterocycles. The summed E-state index contributed by atoms with van der Waals surface area (Å²) in [5.74, 6) is 0.341. The van der Waals surface area contributed by atoms with Gasteiger partial charge in [0.15, 0.2) is 0 Å². The van der Waals surface area contributed by atoms with Gasteiger partial charge in [0.1, 0.15) is 5.78 Å². The molecule has 4 heteroatoms. The van der Waals surface area contributed by atoms with Crippen LogP contribution in [0.25, 0.3) is 0 Å². The molecule has 1 saturated heterocycles. The smallest absolute Gasteiger partial charge is 0.138 e. The molecule has 1 aromatic rings. The topological polar surface area (TPSA) is 23.6 Å². The van der Waals surface area contributed by atoms with Crippen molar-refractivity contribution in [1.29, 1.82) is 0 Å². The molecule has 3 nitrogen and oxygen atoms in total. The number of benzene rings is 1. The predicted molar refractivity (Wildman–Crippen MR) is 86.4 cm³/mol. The molecule has 2 rings (SSSR count). The number of Topliss-reactive ketones (excluding diaryl/α,β-unsaturated/α-hetero) is 1. The normalized spacial score (nSPS) is 21.5. The zero-order valence-electron chi connectivity index (χ0n) is 11.6. The summed E-state index contributed by atoms with van der Waals surface area (Å²) < 4.78 is 1.21. The lowest BCUT2D eigenvalue weighted by atomic mass is 10.0. The number of likely N-dealkylation sites (N-methyl/N-ethyl adjacent to an activating group) is 2. The first-order valence-corrected chi connectivity index (χ1v) is 7.77. The molecule has 0 amide bonds. The molecule has 1 unspecified atom stereocenters. The van der Waals surface area contributed by atoms with E-state index in [-0.39, 0.29) is 0 Å². The first-order valence-electron chi connectivity index (χ1n) is 6.69. The average Bonchev–Trinajstić information content (AvgIpc) is 2.37. The van der Waals surface area contributed by atoms with Gasteiger partial charge in [-0.3, -0.25) is 4.79 Å². The molecule has 1 aliphatic rings. The highest BCUT2D eigenvalue weighted by molar-refractivity contribution is 14.1. The summed E-state index contributed by atoms with van der Waals surface area (Å²) in [6, 6.07) is 8.59. The van der Waals surface area contributed by atoms with Crippen LogP contribution in [-0.4, -0.2) is 55.4 Å². The van der Waals surface area contributed by atoms with Gasteiger partial charge in [-0.25, -0.2) is 0 Å². The van der Waals surface area contributed by atoms with Crippen molar-refractivity contribution in [3.05, 3.63) is 33.4 Å². The number of ketones is 1. The number of rotatable bonds is 4. The molecular weight excluding hydrogens is 351 g/mol. The maximum atomic E-state index is 12.2. The molecule has 1 aliphatic heterocycles. The van der Waals surface area contributed by atoms with E-state index in [0.29, 0.717) is 24.7 Å². The molecule has 1 atom stereocenters. The van der Waals surface area contributed by atoms with E-state index in [1.165, 1.54) is 3.57 Å². The highest BCUT2D eigenvalue weighted by Crippen LogP contribution is 2.13. The lowest BCUT2D eigenvalue weighted by Gasteiger charge is -2.37. The molecule has 0 aliphatic carbocycles. The molecule has 0 spiro atoms. The molecule has 0 radical (unpaired) electrons. The lowest BCUT2D eigenvalue weighted by molar-refractivity contribution is -0.120. The van der Waals surface area contributed by atoms with Crippen LogP contribution in [0.15, 0.2) is 24.3 Å². The number of halogens is 1. The third kappa shape index (κ3) is 4.54. The minimum atomic E-state index is 0.341. The lowest BCUT2D eigenvalue weighted by Crippen LogP contribution is -2.50. The van der Waals surface area contributed by atoms with Gasteiger partial charge in [-0.1, -0.05) is 12.1 Å². The van der Waals surface area contributed by atoms with E-state index in [2.05, 4.69) is 70.8 Å². The Morgan fingerprint density at radius 2 is 1.95 bits per heavy atom. The van der Waals surface area contributed by atoms with Gasteiger partial charge in [0.2, 0.25) is 0 Å². The van der Waals surface area contributed by atoms with Crippen molar-refractivity contribution < 1.29 is 4.79 Å². The van der Waals surface area contributed by atoms with Crippen LogP contribution in [0.2, 0.25) is 0 Å². The van der Waals surface area contributed by atoms with E-state index in [0.717, 1.165) is 25.2 Å². The van der Waals surface area contributed by atoms with Gasteiger partial charge in [-0.15, -0.1) is 0 Å². The zero-order valence-corrected chi connectivity index (χ0v) is 13.8. The van der Waals surface area contributed by atoms with Crippen LogP contribution in [0, 0.1) is 3.57 Å². The zero-order chi connectivity index (χ0) is 13.8. The van der Waals surface area contributed by atoms with Gasteiger partial charge < -0.3 is 9.80 Å². The molecule has 1 aromatic carbocycles. The molecule has 0 saturated carbocycles. The van der Waals surface area contributed by atoms with Crippen LogP contribution in [0.4, 0.5) is 0 Å². The Balaban J connectivity index is 1.88. The highest BCUT2D eigenvalue weighted by atomic mass is 127. The van der Waals surface area contributed by atoms with E-state index in [9.17, 15) is 4.79 Å². The first-order chi connectivity index (χ1) is 9.04. The van der Waals surface area contributed by atoms with Crippen molar-refractivity contribution in [3.63, 3.8) is 0 Å². The van der Waals surface area contributed by atoms with Crippen molar-refractivity contribution in [3.8, 4) is 0 Å². The summed E-state index contributed by atoms with van der Waals surface area (Å²) in [6.07, 6.45) is 1.22. The van der Waals surface area contributed by atoms with Crippen LogP contribution in [0.3, 0.4) is 0 Å².